The van der Waals surface area contributed by atoms with Crippen LogP contribution in [0.5, 0.6) is 11.5 Å². The second kappa shape index (κ2) is 9.87. The lowest BCUT2D eigenvalue weighted by Crippen LogP contribution is -2.42. The van der Waals surface area contributed by atoms with Crippen LogP contribution < -0.4 is 9.47 Å². The molecule has 0 bridgehead atoms. The molecule has 0 saturated carbocycles. The maximum Gasteiger partial charge on any atom is 0.257 e. The zero-order valence-electron chi connectivity index (χ0n) is 18.7. The Morgan fingerprint density at radius 1 is 1.16 bits per heavy atom. The maximum absolute atomic E-state index is 13.0. The van der Waals surface area contributed by atoms with Crippen molar-refractivity contribution in [3.8, 4) is 11.5 Å². The van der Waals surface area contributed by atoms with E-state index in [2.05, 4.69) is 0 Å². The summed E-state index contributed by atoms with van der Waals surface area (Å²) in [5, 5.41) is 0. The van der Waals surface area contributed by atoms with Crippen LogP contribution in [0.2, 0.25) is 0 Å². The molecule has 8 nitrogen and oxygen atoms in total. The molecule has 1 unspecified atom stereocenters. The molecule has 1 aromatic carbocycles. The quantitative estimate of drug-likeness (QED) is 0.672. The van der Waals surface area contributed by atoms with Crippen LogP contribution in [0.25, 0.3) is 0 Å². The highest BCUT2D eigenvalue weighted by atomic mass is 16.5. The summed E-state index contributed by atoms with van der Waals surface area (Å²) in [6.07, 6.45) is 1.13. The largest absolute Gasteiger partial charge is 0.497 e. The first kappa shape index (κ1) is 22.7. The third kappa shape index (κ3) is 5.38. The third-order valence-electron chi connectivity index (χ3n) is 5.37. The predicted octanol–water partition coefficient (Wildman–Crippen LogP) is 2.88. The molecule has 3 rings (SSSR count). The Labute approximate surface area is 182 Å². The van der Waals surface area contributed by atoms with E-state index in [1.54, 1.807) is 43.1 Å². The molecule has 0 spiro atoms. The summed E-state index contributed by atoms with van der Waals surface area (Å²) in [4.78, 5) is 29.2. The minimum Gasteiger partial charge on any atom is -0.497 e. The second-order valence-corrected chi connectivity index (χ2v) is 7.87. The Morgan fingerprint density at radius 2 is 1.84 bits per heavy atom. The monoisotopic (exact) mass is 430 g/mol. The van der Waals surface area contributed by atoms with Crippen LogP contribution in [0.4, 0.5) is 0 Å². The number of hydrogen-bond acceptors (Lipinski definition) is 6. The number of rotatable bonds is 7. The number of aryl methyl sites for hydroxylation is 1. The lowest BCUT2D eigenvalue weighted by molar-refractivity contribution is -0.133. The van der Waals surface area contributed by atoms with Gasteiger partial charge in [-0.05, 0) is 44.5 Å². The Hall–Kier alpha value is -3.00. The smallest absolute Gasteiger partial charge is 0.257 e. The summed E-state index contributed by atoms with van der Waals surface area (Å²) in [6.45, 7) is 6.67. The standard InChI is InChI=1S/C23H30N2O6/c1-15(2)25-12-20(31-14-17-8-18(28-4)10-19(9-17)29-5)11-24(13-22(25)26)23(27)21-6-7-30-16(21)3/h6-10,15,20H,11-14H2,1-5H3. The van der Waals surface area contributed by atoms with Gasteiger partial charge in [0.15, 0.2) is 0 Å². The number of carbonyl (C=O) groups excluding carboxylic acids is 2. The van der Waals surface area contributed by atoms with Gasteiger partial charge in [0.25, 0.3) is 5.91 Å². The van der Waals surface area contributed by atoms with Crippen molar-refractivity contribution in [3.05, 3.63) is 47.4 Å². The molecule has 1 aliphatic rings. The first-order valence-electron chi connectivity index (χ1n) is 10.3. The van der Waals surface area contributed by atoms with Gasteiger partial charge in [-0.15, -0.1) is 0 Å². The molecular weight excluding hydrogens is 400 g/mol. The van der Waals surface area contributed by atoms with Crippen molar-refractivity contribution >= 4 is 11.8 Å². The number of ether oxygens (including phenoxy) is 3. The fourth-order valence-corrected chi connectivity index (χ4v) is 3.64. The van der Waals surface area contributed by atoms with Gasteiger partial charge < -0.3 is 28.4 Å². The Morgan fingerprint density at radius 3 is 2.39 bits per heavy atom. The van der Waals surface area contributed by atoms with E-state index in [1.165, 1.54) is 6.26 Å². The minimum absolute atomic E-state index is 0.00114. The summed E-state index contributed by atoms with van der Waals surface area (Å²) in [6, 6.07) is 7.18. The molecule has 2 aromatic rings. The van der Waals surface area contributed by atoms with Gasteiger partial charge in [-0.2, -0.15) is 0 Å². The van der Waals surface area contributed by atoms with Gasteiger partial charge in [-0.3, -0.25) is 9.59 Å². The van der Waals surface area contributed by atoms with Gasteiger partial charge in [0.05, 0.1) is 38.8 Å². The zero-order valence-corrected chi connectivity index (χ0v) is 18.7. The van der Waals surface area contributed by atoms with Crippen molar-refractivity contribution in [2.24, 2.45) is 0 Å². The molecule has 1 fully saturated rings. The van der Waals surface area contributed by atoms with Crippen LogP contribution in [0, 0.1) is 6.92 Å². The molecule has 1 atom stereocenters. The minimum atomic E-state index is -0.345. The number of methoxy groups -OCH3 is 2. The Bertz CT molecular complexity index is 900. The van der Waals surface area contributed by atoms with E-state index in [-0.39, 0.29) is 30.5 Å². The normalized spacial score (nSPS) is 17.1. The van der Waals surface area contributed by atoms with Crippen LogP contribution >= 0.6 is 0 Å². The lowest BCUT2D eigenvalue weighted by Gasteiger charge is -2.27. The predicted molar refractivity (Wildman–Crippen MR) is 114 cm³/mol. The molecule has 2 heterocycles. The molecular formula is C23H30N2O6. The number of furan rings is 1. The van der Waals surface area contributed by atoms with E-state index in [0.717, 1.165) is 5.56 Å². The Balaban J connectivity index is 1.79. The molecule has 0 aliphatic carbocycles. The Kier molecular flexibility index (Phi) is 7.22. The van der Waals surface area contributed by atoms with Crippen LogP contribution in [0.3, 0.4) is 0 Å². The number of hydrogen-bond donors (Lipinski definition) is 0. The van der Waals surface area contributed by atoms with E-state index in [4.69, 9.17) is 18.6 Å². The molecule has 0 radical (unpaired) electrons. The van der Waals surface area contributed by atoms with Crippen molar-refractivity contribution in [1.82, 2.24) is 9.80 Å². The number of benzene rings is 1. The molecule has 8 heteroatoms. The van der Waals surface area contributed by atoms with Gasteiger partial charge in [-0.25, -0.2) is 0 Å². The van der Waals surface area contributed by atoms with Gasteiger partial charge >= 0.3 is 0 Å². The number of carbonyl (C=O) groups is 2. The van der Waals surface area contributed by atoms with Gasteiger partial charge in [0.2, 0.25) is 5.91 Å². The fraction of sp³-hybridized carbons (Fsp3) is 0.478. The average Bonchev–Trinajstić information content (AvgIpc) is 3.10. The number of nitrogens with zero attached hydrogens (tertiary/aromatic N) is 2. The summed E-state index contributed by atoms with van der Waals surface area (Å²) in [7, 11) is 3.19. The molecule has 2 amide bonds. The first-order chi connectivity index (χ1) is 14.8. The molecule has 1 aromatic heterocycles. The lowest BCUT2D eigenvalue weighted by atomic mass is 10.2. The number of amides is 2. The summed E-state index contributed by atoms with van der Waals surface area (Å²) < 4.78 is 22.1. The molecule has 31 heavy (non-hydrogen) atoms. The van der Waals surface area contributed by atoms with Crippen molar-refractivity contribution in [3.63, 3.8) is 0 Å². The van der Waals surface area contributed by atoms with Crippen LogP contribution in [-0.4, -0.2) is 67.6 Å². The second-order valence-electron chi connectivity index (χ2n) is 7.87. The summed E-state index contributed by atoms with van der Waals surface area (Å²) in [5.41, 5.74) is 1.34. The maximum atomic E-state index is 13.0. The van der Waals surface area contributed by atoms with E-state index < -0.39 is 0 Å². The molecule has 168 valence electrons. The van der Waals surface area contributed by atoms with Gasteiger partial charge in [-0.1, -0.05) is 0 Å². The topological polar surface area (TPSA) is 81.5 Å². The highest BCUT2D eigenvalue weighted by molar-refractivity contribution is 5.97. The fourth-order valence-electron chi connectivity index (χ4n) is 3.64. The van der Waals surface area contributed by atoms with Crippen molar-refractivity contribution in [1.29, 1.82) is 0 Å². The van der Waals surface area contributed by atoms with Crippen molar-refractivity contribution < 1.29 is 28.2 Å². The van der Waals surface area contributed by atoms with Gasteiger partial charge in [0.1, 0.15) is 23.8 Å². The molecule has 1 aliphatic heterocycles. The third-order valence-corrected chi connectivity index (χ3v) is 5.37. The van der Waals surface area contributed by atoms with Crippen molar-refractivity contribution in [2.75, 3.05) is 33.9 Å². The highest BCUT2D eigenvalue weighted by Crippen LogP contribution is 2.24. The first-order valence-corrected chi connectivity index (χ1v) is 10.3. The van der Waals surface area contributed by atoms with Crippen LogP contribution in [-0.2, 0) is 16.1 Å². The summed E-state index contributed by atoms with van der Waals surface area (Å²) in [5.74, 6) is 1.54. The zero-order chi connectivity index (χ0) is 22.5. The summed E-state index contributed by atoms with van der Waals surface area (Å²) >= 11 is 0. The van der Waals surface area contributed by atoms with Crippen LogP contribution in [0.15, 0.2) is 34.9 Å². The van der Waals surface area contributed by atoms with E-state index in [0.29, 0.717) is 42.5 Å². The van der Waals surface area contributed by atoms with Gasteiger partial charge in [0, 0.05) is 25.2 Å². The van der Waals surface area contributed by atoms with E-state index in [1.807, 2.05) is 26.0 Å². The van der Waals surface area contributed by atoms with E-state index in [9.17, 15) is 9.59 Å². The molecule has 1 saturated heterocycles. The average molecular weight is 431 g/mol. The highest BCUT2D eigenvalue weighted by Gasteiger charge is 2.33. The van der Waals surface area contributed by atoms with E-state index >= 15 is 0 Å². The van der Waals surface area contributed by atoms with Crippen LogP contribution in [0.1, 0.15) is 35.5 Å². The SMILES string of the molecule is COc1cc(COC2CN(C(=O)c3ccoc3C)CC(=O)N(C(C)C)C2)cc(OC)c1. The van der Waals surface area contributed by atoms with Crippen molar-refractivity contribution in [2.45, 2.75) is 39.5 Å². The molecule has 0 N–H and O–H groups in total.